The molecule has 2 aromatic carbocycles. The monoisotopic (exact) mass is 250 g/mol. The van der Waals surface area contributed by atoms with E-state index in [2.05, 4.69) is 43.9 Å². The smallest absolute Gasteiger partial charge is 0.0991 e. The van der Waals surface area contributed by atoms with Crippen molar-refractivity contribution >= 4 is 11.4 Å². The van der Waals surface area contributed by atoms with Crippen LogP contribution in [0.15, 0.2) is 54.6 Å². The zero-order chi connectivity index (χ0) is 13.9. The molecule has 0 amide bonds. The second-order valence-corrected chi connectivity index (χ2v) is 5.50. The molecule has 0 radical (unpaired) electrons. The molecule has 96 valence electrons. The number of nitriles is 1. The second-order valence-electron chi connectivity index (χ2n) is 5.50. The van der Waals surface area contributed by atoms with Crippen LogP contribution in [-0.4, -0.2) is 5.54 Å². The summed E-state index contributed by atoms with van der Waals surface area (Å²) >= 11 is 0. The molecule has 0 N–H and O–H groups in total. The minimum Gasteiger partial charge on any atom is -0.336 e. The minimum absolute atomic E-state index is 0.0322. The molecule has 0 heterocycles. The first kappa shape index (κ1) is 13.2. The fourth-order valence-corrected chi connectivity index (χ4v) is 2.19. The fraction of sp³-hybridized carbons (Fsp3) is 0.235. The molecule has 0 saturated carbocycles. The number of anilines is 2. The van der Waals surface area contributed by atoms with E-state index in [0.717, 1.165) is 11.4 Å². The van der Waals surface area contributed by atoms with Gasteiger partial charge < -0.3 is 4.90 Å². The summed E-state index contributed by atoms with van der Waals surface area (Å²) in [6.45, 7) is 6.54. The second kappa shape index (κ2) is 5.16. The van der Waals surface area contributed by atoms with E-state index < -0.39 is 0 Å². The Morgan fingerprint density at radius 3 is 1.84 bits per heavy atom. The van der Waals surface area contributed by atoms with Gasteiger partial charge in [-0.2, -0.15) is 5.26 Å². The number of rotatable bonds is 2. The molecule has 2 rings (SSSR count). The Balaban J connectivity index is 2.47. The van der Waals surface area contributed by atoms with E-state index in [-0.39, 0.29) is 5.54 Å². The van der Waals surface area contributed by atoms with E-state index in [0.29, 0.717) is 5.56 Å². The van der Waals surface area contributed by atoms with Gasteiger partial charge >= 0.3 is 0 Å². The SMILES string of the molecule is CC(C)(C)N(c1ccccc1)c1ccc(C#N)cc1. The maximum Gasteiger partial charge on any atom is 0.0991 e. The number of hydrogen-bond acceptors (Lipinski definition) is 2. The van der Waals surface area contributed by atoms with Gasteiger partial charge in [-0.05, 0) is 57.2 Å². The van der Waals surface area contributed by atoms with Gasteiger partial charge in [0.05, 0.1) is 11.6 Å². The average Bonchev–Trinajstić information content (AvgIpc) is 2.39. The van der Waals surface area contributed by atoms with Gasteiger partial charge in [0.15, 0.2) is 0 Å². The summed E-state index contributed by atoms with van der Waals surface area (Å²) in [6, 6.07) is 20.2. The van der Waals surface area contributed by atoms with Crippen molar-refractivity contribution in [3.05, 3.63) is 60.2 Å². The van der Waals surface area contributed by atoms with Gasteiger partial charge in [0, 0.05) is 16.9 Å². The van der Waals surface area contributed by atoms with Gasteiger partial charge in [-0.15, -0.1) is 0 Å². The first-order chi connectivity index (χ1) is 9.02. The molecule has 0 aliphatic rings. The third-order valence-electron chi connectivity index (χ3n) is 2.94. The quantitative estimate of drug-likeness (QED) is 0.785. The Bertz CT molecular complexity index is 571. The Morgan fingerprint density at radius 1 is 0.842 bits per heavy atom. The fourth-order valence-electron chi connectivity index (χ4n) is 2.19. The van der Waals surface area contributed by atoms with Gasteiger partial charge in [0.2, 0.25) is 0 Å². The van der Waals surface area contributed by atoms with E-state index >= 15 is 0 Å². The summed E-state index contributed by atoms with van der Waals surface area (Å²) in [4.78, 5) is 2.27. The van der Waals surface area contributed by atoms with Crippen LogP contribution < -0.4 is 4.90 Å². The molecule has 0 fully saturated rings. The topological polar surface area (TPSA) is 27.0 Å². The Hall–Kier alpha value is -2.27. The minimum atomic E-state index is -0.0322. The van der Waals surface area contributed by atoms with E-state index in [1.165, 1.54) is 0 Å². The molecule has 0 aliphatic heterocycles. The largest absolute Gasteiger partial charge is 0.336 e. The van der Waals surface area contributed by atoms with Gasteiger partial charge in [-0.1, -0.05) is 18.2 Å². The van der Waals surface area contributed by atoms with Gasteiger partial charge in [0.25, 0.3) is 0 Å². The summed E-state index contributed by atoms with van der Waals surface area (Å²) < 4.78 is 0. The highest BCUT2D eigenvalue weighted by Crippen LogP contribution is 2.32. The third kappa shape index (κ3) is 2.95. The zero-order valence-electron chi connectivity index (χ0n) is 11.6. The van der Waals surface area contributed by atoms with Crippen LogP contribution >= 0.6 is 0 Å². The van der Waals surface area contributed by atoms with Crippen molar-refractivity contribution in [3.63, 3.8) is 0 Å². The van der Waals surface area contributed by atoms with Crippen LogP contribution in [0.3, 0.4) is 0 Å². The summed E-state index contributed by atoms with van der Waals surface area (Å²) in [5, 5.41) is 8.88. The molecule has 0 spiro atoms. The lowest BCUT2D eigenvalue weighted by molar-refractivity contribution is 0.560. The molecule has 0 aromatic heterocycles. The molecule has 0 aliphatic carbocycles. The Labute approximate surface area is 114 Å². The van der Waals surface area contributed by atoms with E-state index in [4.69, 9.17) is 5.26 Å². The third-order valence-corrected chi connectivity index (χ3v) is 2.94. The van der Waals surface area contributed by atoms with Crippen molar-refractivity contribution < 1.29 is 0 Å². The van der Waals surface area contributed by atoms with Crippen LogP contribution in [0.25, 0.3) is 0 Å². The number of benzene rings is 2. The highest BCUT2D eigenvalue weighted by Gasteiger charge is 2.23. The molecule has 0 saturated heterocycles. The van der Waals surface area contributed by atoms with Crippen molar-refractivity contribution in [1.29, 1.82) is 5.26 Å². The van der Waals surface area contributed by atoms with E-state index in [9.17, 15) is 0 Å². The number of hydrogen-bond donors (Lipinski definition) is 0. The number of nitrogens with zero attached hydrogens (tertiary/aromatic N) is 2. The highest BCUT2D eigenvalue weighted by atomic mass is 15.2. The molecule has 2 heteroatoms. The molecule has 2 nitrogen and oxygen atoms in total. The molecule has 0 bridgehead atoms. The van der Waals surface area contributed by atoms with E-state index in [1.54, 1.807) is 0 Å². The normalized spacial score (nSPS) is 10.8. The van der Waals surface area contributed by atoms with Crippen LogP contribution in [0, 0.1) is 11.3 Å². The maximum absolute atomic E-state index is 8.88. The summed E-state index contributed by atoms with van der Waals surface area (Å²) in [5.74, 6) is 0. The predicted octanol–water partition coefficient (Wildman–Crippen LogP) is 4.49. The highest BCUT2D eigenvalue weighted by molar-refractivity contribution is 5.65. The summed E-state index contributed by atoms with van der Waals surface area (Å²) in [5.41, 5.74) is 2.90. The van der Waals surface area contributed by atoms with Crippen LogP contribution in [-0.2, 0) is 0 Å². The number of para-hydroxylation sites is 1. The molecule has 19 heavy (non-hydrogen) atoms. The first-order valence-electron chi connectivity index (χ1n) is 6.38. The van der Waals surface area contributed by atoms with Crippen molar-refractivity contribution in [2.45, 2.75) is 26.3 Å². The van der Waals surface area contributed by atoms with E-state index in [1.807, 2.05) is 42.5 Å². The molecule has 2 aromatic rings. The molecular formula is C17H18N2. The maximum atomic E-state index is 8.88. The molecule has 0 unspecified atom stereocenters. The van der Waals surface area contributed by atoms with Crippen molar-refractivity contribution in [1.82, 2.24) is 0 Å². The van der Waals surface area contributed by atoms with Gasteiger partial charge in [-0.25, -0.2) is 0 Å². The van der Waals surface area contributed by atoms with Crippen molar-refractivity contribution in [2.24, 2.45) is 0 Å². The summed E-state index contributed by atoms with van der Waals surface area (Å²) in [6.07, 6.45) is 0. The van der Waals surface area contributed by atoms with Crippen LogP contribution in [0.4, 0.5) is 11.4 Å². The van der Waals surface area contributed by atoms with Crippen molar-refractivity contribution in [3.8, 4) is 6.07 Å². The molecule has 0 atom stereocenters. The van der Waals surface area contributed by atoms with Crippen LogP contribution in [0.5, 0.6) is 0 Å². The van der Waals surface area contributed by atoms with Gasteiger partial charge in [0.1, 0.15) is 0 Å². The first-order valence-corrected chi connectivity index (χ1v) is 6.38. The lowest BCUT2D eigenvalue weighted by Gasteiger charge is -2.37. The van der Waals surface area contributed by atoms with Crippen molar-refractivity contribution in [2.75, 3.05) is 4.90 Å². The van der Waals surface area contributed by atoms with Gasteiger partial charge in [-0.3, -0.25) is 0 Å². The lowest BCUT2D eigenvalue weighted by Crippen LogP contribution is -2.37. The predicted molar refractivity (Wildman–Crippen MR) is 79.5 cm³/mol. The summed E-state index contributed by atoms with van der Waals surface area (Å²) in [7, 11) is 0. The molecular weight excluding hydrogens is 232 g/mol. The zero-order valence-corrected chi connectivity index (χ0v) is 11.6. The van der Waals surface area contributed by atoms with Crippen LogP contribution in [0.1, 0.15) is 26.3 Å². The van der Waals surface area contributed by atoms with Crippen LogP contribution in [0.2, 0.25) is 0 Å². The Kier molecular flexibility index (Phi) is 3.57. The lowest BCUT2D eigenvalue weighted by atomic mass is 10.0. The Morgan fingerprint density at radius 2 is 1.37 bits per heavy atom. The average molecular weight is 250 g/mol. The standard InChI is InChI=1S/C17H18N2/c1-17(2,3)19(15-7-5-4-6-8-15)16-11-9-14(13-18)10-12-16/h4-12H,1-3H3.